The first-order valence-corrected chi connectivity index (χ1v) is 7.61. The molecule has 1 N–H and O–H groups in total. The highest BCUT2D eigenvalue weighted by molar-refractivity contribution is 5.96. The zero-order valence-corrected chi connectivity index (χ0v) is 14.4. The lowest BCUT2D eigenvalue weighted by Gasteiger charge is -2.25. The van der Waals surface area contributed by atoms with Crippen molar-refractivity contribution in [3.05, 3.63) is 35.4 Å². The minimum Gasteiger partial charge on any atom is -0.465 e. The Bertz CT molecular complexity index is 602. The van der Waals surface area contributed by atoms with Crippen molar-refractivity contribution in [2.75, 3.05) is 6.61 Å². The molecule has 0 heterocycles. The summed E-state index contributed by atoms with van der Waals surface area (Å²) in [4.78, 5) is 24.3. The summed E-state index contributed by atoms with van der Waals surface area (Å²) in [5.74, 6) is -3.72. The molecule has 1 aromatic rings. The molecule has 0 spiro atoms. The van der Waals surface area contributed by atoms with Crippen molar-refractivity contribution in [3.63, 3.8) is 0 Å². The molecule has 1 aromatic carbocycles. The molecule has 0 bridgehead atoms. The summed E-state index contributed by atoms with van der Waals surface area (Å²) >= 11 is 0. The van der Waals surface area contributed by atoms with Gasteiger partial charge in [0.2, 0.25) is 0 Å². The van der Waals surface area contributed by atoms with E-state index in [1.165, 1.54) is 6.92 Å². The number of carbonyl (C=O) groups is 2. The third kappa shape index (κ3) is 6.04. The van der Waals surface area contributed by atoms with Crippen molar-refractivity contribution >= 4 is 11.9 Å². The van der Waals surface area contributed by atoms with Gasteiger partial charge in [0, 0.05) is 0 Å². The standard InChI is InChI=1S/C17H21F3O5/c1-5-24-14(22)12(15(23)25-16(2,3)4)13(21)10-6-8-11(9-7-10)17(18,19)20/h6-9,12-13,21H,5H2,1-4H3. The van der Waals surface area contributed by atoms with Crippen molar-refractivity contribution in [1.82, 2.24) is 0 Å². The minimum absolute atomic E-state index is 0.0299. The van der Waals surface area contributed by atoms with Gasteiger partial charge in [0.05, 0.1) is 12.2 Å². The normalized spacial score (nSPS) is 14.6. The number of ether oxygens (including phenoxy) is 2. The van der Waals surface area contributed by atoms with Gasteiger partial charge in [-0.3, -0.25) is 9.59 Å². The Balaban J connectivity index is 3.12. The van der Waals surface area contributed by atoms with Gasteiger partial charge in [-0.2, -0.15) is 13.2 Å². The van der Waals surface area contributed by atoms with E-state index in [1.54, 1.807) is 20.8 Å². The van der Waals surface area contributed by atoms with E-state index in [4.69, 9.17) is 9.47 Å². The zero-order valence-electron chi connectivity index (χ0n) is 14.4. The fraction of sp³-hybridized carbons (Fsp3) is 0.529. The molecule has 0 saturated carbocycles. The summed E-state index contributed by atoms with van der Waals surface area (Å²) in [7, 11) is 0. The molecule has 0 saturated heterocycles. The monoisotopic (exact) mass is 362 g/mol. The number of esters is 2. The minimum atomic E-state index is -4.53. The van der Waals surface area contributed by atoms with Crippen LogP contribution < -0.4 is 0 Å². The Labute approximate surface area is 143 Å². The molecule has 25 heavy (non-hydrogen) atoms. The van der Waals surface area contributed by atoms with Crippen LogP contribution in [0.3, 0.4) is 0 Å². The van der Waals surface area contributed by atoms with E-state index in [2.05, 4.69) is 0 Å². The summed E-state index contributed by atoms with van der Waals surface area (Å²) in [6, 6.07) is 3.53. The maximum Gasteiger partial charge on any atom is 0.416 e. The van der Waals surface area contributed by atoms with E-state index in [1.807, 2.05) is 0 Å². The van der Waals surface area contributed by atoms with Crippen LogP contribution in [-0.4, -0.2) is 29.3 Å². The first-order chi connectivity index (χ1) is 11.4. The van der Waals surface area contributed by atoms with E-state index in [-0.39, 0.29) is 12.2 Å². The highest BCUT2D eigenvalue weighted by Gasteiger charge is 2.39. The predicted molar refractivity (Wildman–Crippen MR) is 82.4 cm³/mol. The molecule has 0 fully saturated rings. The van der Waals surface area contributed by atoms with Crippen molar-refractivity contribution in [2.45, 2.75) is 45.6 Å². The van der Waals surface area contributed by atoms with Crippen LogP contribution in [0.5, 0.6) is 0 Å². The average molecular weight is 362 g/mol. The summed E-state index contributed by atoms with van der Waals surface area (Å²) in [6.45, 7) is 6.24. The van der Waals surface area contributed by atoms with Crippen LogP contribution in [0.2, 0.25) is 0 Å². The van der Waals surface area contributed by atoms with E-state index in [0.29, 0.717) is 0 Å². The number of halogens is 3. The fourth-order valence-electron chi connectivity index (χ4n) is 2.01. The smallest absolute Gasteiger partial charge is 0.416 e. The van der Waals surface area contributed by atoms with Crippen LogP contribution >= 0.6 is 0 Å². The van der Waals surface area contributed by atoms with Gasteiger partial charge in [-0.05, 0) is 45.4 Å². The molecular weight excluding hydrogens is 341 g/mol. The number of carbonyl (C=O) groups excluding carboxylic acids is 2. The molecule has 0 radical (unpaired) electrons. The predicted octanol–water partition coefficient (Wildman–Crippen LogP) is 3.26. The molecule has 0 amide bonds. The molecule has 0 aromatic heterocycles. The molecule has 140 valence electrons. The first-order valence-electron chi connectivity index (χ1n) is 7.61. The number of benzene rings is 1. The van der Waals surface area contributed by atoms with Gasteiger partial charge in [0.15, 0.2) is 5.92 Å². The van der Waals surface area contributed by atoms with Crippen LogP contribution in [0.1, 0.15) is 44.9 Å². The first kappa shape index (κ1) is 21.0. The number of aliphatic hydroxyl groups is 1. The molecule has 0 aliphatic heterocycles. The second kappa shape index (κ2) is 7.86. The summed E-state index contributed by atoms with van der Waals surface area (Å²) < 4.78 is 47.7. The van der Waals surface area contributed by atoms with Crippen LogP contribution in [0, 0.1) is 5.92 Å². The SMILES string of the molecule is CCOC(=O)C(C(=O)OC(C)(C)C)C(O)c1ccc(C(F)(F)F)cc1. The maximum absolute atomic E-state index is 12.6. The van der Waals surface area contributed by atoms with Crippen molar-refractivity contribution < 1.29 is 37.3 Å². The lowest BCUT2D eigenvalue weighted by Crippen LogP contribution is -2.37. The summed E-state index contributed by atoms with van der Waals surface area (Å²) in [5, 5.41) is 10.4. The Morgan fingerprint density at radius 3 is 2.00 bits per heavy atom. The largest absolute Gasteiger partial charge is 0.465 e. The van der Waals surface area contributed by atoms with Crippen LogP contribution in [-0.2, 0) is 25.2 Å². The third-order valence-corrected chi connectivity index (χ3v) is 3.10. The topological polar surface area (TPSA) is 72.8 Å². The van der Waals surface area contributed by atoms with Gasteiger partial charge in [-0.15, -0.1) is 0 Å². The van der Waals surface area contributed by atoms with Gasteiger partial charge in [-0.1, -0.05) is 12.1 Å². The lowest BCUT2D eigenvalue weighted by molar-refractivity contribution is -0.174. The van der Waals surface area contributed by atoms with Crippen LogP contribution in [0.25, 0.3) is 0 Å². The molecule has 5 nitrogen and oxygen atoms in total. The van der Waals surface area contributed by atoms with Gasteiger partial charge < -0.3 is 14.6 Å². The number of rotatable bonds is 5. The second-order valence-corrected chi connectivity index (χ2v) is 6.33. The van der Waals surface area contributed by atoms with Crippen molar-refractivity contribution in [3.8, 4) is 0 Å². The van der Waals surface area contributed by atoms with E-state index < -0.39 is 41.3 Å². The molecule has 2 atom stereocenters. The van der Waals surface area contributed by atoms with Crippen LogP contribution in [0.4, 0.5) is 13.2 Å². The maximum atomic E-state index is 12.6. The molecule has 8 heteroatoms. The number of aliphatic hydroxyl groups excluding tert-OH is 1. The van der Waals surface area contributed by atoms with Gasteiger partial charge >= 0.3 is 18.1 Å². The summed E-state index contributed by atoms with van der Waals surface area (Å²) in [6.07, 6.45) is -6.23. The molecule has 0 aliphatic carbocycles. The van der Waals surface area contributed by atoms with Crippen LogP contribution in [0.15, 0.2) is 24.3 Å². The zero-order chi connectivity index (χ0) is 19.4. The molecule has 0 aliphatic rings. The Kier molecular flexibility index (Phi) is 6.59. The molecule has 2 unspecified atom stereocenters. The van der Waals surface area contributed by atoms with Crippen molar-refractivity contribution in [1.29, 1.82) is 0 Å². The number of hydrogen-bond acceptors (Lipinski definition) is 5. The number of hydrogen-bond donors (Lipinski definition) is 1. The summed E-state index contributed by atoms with van der Waals surface area (Å²) in [5.41, 5.74) is -1.85. The van der Waals surface area contributed by atoms with Crippen molar-refractivity contribution in [2.24, 2.45) is 5.92 Å². The highest BCUT2D eigenvalue weighted by atomic mass is 19.4. The van der Waals surface area contributed by atoms with Gasteiger partial charge in [0.25, 0.3) is 0 Å². The molecule has 1 rings (SSSR count). The Morgan fingerprint density at radius 1 is 1.08 bits per heavy atom. The van der Waals surface area contributed by atoms with Gasteiger partial charge in [0.1, 0.15) is 11.7 Å². The lowest BCUT2D eigenvalue weighted by atomic mass is 9.94. The fourth-order valence-corrected chi connectivity index (χ4v) is 2.01. The third-order valence-electron chi connectivity index (χ3n) is 3.10. The number of alkyl halides is 3. The van der Waals surface area contributed by atoms with E-state index >= 15 is 0 Å². The second-order valence-electron chi connectivity index (χ2n) is 6.33. The van der Waals surface area contributed by atoms with E-state index in [0.717, 1.165) is 24.3 Å². The quantitative estimate of drug-likeness (QED) is 0.643. The Morgan fingerprint density at radius 2 is 1.60 bits per heavy atom. The average Bonchev–Trinajstić information content (AvgIpc) is 2.45. The van der Waals surface area contributed by atoms with Gasteiger partial charge in [-0.25, -0.2) is 0 Å². The van der Waals surface area contributed by atoms with E-state index in [9.17, 15) is 27.9 Å². The Hall–Kier alpha value is -2.09. The molecular formula is C17H21F3O5. The highest BCUT2D eigenvalue weighted by Crippen LogP contribution is 2.32.